The topological polar surface area (TPSA) is 134 Å². The molecule has 0 bridgehead atoms. The lowest BCUT2D eigenvalue weighted by Gasteiger charge is -2.34. The van der Waals surface area contributed by atoms with Gasteiger partial charge in [0.2, 0.25) is 0 Å². The van der Waals surface area contributed by atoms with E-state index in [-0.39, 0.29) is 0 Å². The average Bonchev–Trinajstić information content (AvgIpc) is 3.01. The molecular formula is C34H80N2O9Si4. The van der Waals surface area contributed by atoms with Gasteiger partial charge in [0, 0.05) is 40.5 Å². The van der Waals surface area contributed by atoms with Crippen LogP contribution in [0.1, 0.15) is 65.2 Å². The molecule has 0 radical (unpaired) electrons. The molecule has 11 nitrogen and oxygen atoms in total. The van der Waals surface area contributed by atoms with Crippen molar-refractivity contribution in [3.8, 4) is 0 Å². The molecule has 0 amide bonds. The fourth-order valence-electron chi connectivity index (χ4n) is 6.01. The highest BCUT2D eigenvalue weighted by Crippen LogP contribution is 2.24. The highest BCUT2D eigenvalue weighted by atomic mass is 28.4. The van der Waals surface area contributed by atoms with Crippen molar-refractivity contribution in [1.29, 1.82) is 0 Å². The molecule has 0 spiro atoms. The molecular weight excluding hydrogens is 693 g/mol. The van der Waals surface area contributed by atoms with Crippen LogP contribution in [0.25, 0.3) is 0 Å². The van der Waals surface area contributed by atoms with Gasteiger partial charge >= 0.3 is 17.1 Å². The maximum atomic E-state index is 10.6. The van der Waals surface area contributed by atoms with Crippen LogP contribution in [0.4, 0.5) is 0 Å². The molecule has 296 valence electrons. The summed E-state index contributed by atoms with van der Waals surface area (Å²) >= 11 is 0. The molecule has 0 aromatic heterocycles. The van der Waals surface area contributed by atoms with Gasteiger partial charge in [-0.25, -0.2) is 0 Å². The van der Waals surface area contributed by atoms with Crippen LogP contribution in [0.3, 0.4) is 0 Å². The number of nitrogens with zero attached hydrogens (tertiary/aromatic N) is 2. The molecule has 0 aliphatic rings. The molecule has 0 aliphatic heterocycles. The fraction of sp³-hybridized carbons (Fsp3) is 1.00. The molecule has 0 aromatic rings. The standard InChI is InChI=1S/C34H80N2O9Si4/c1-11-13-19-35(21-15-27-48(9,39)41-3)29-33(37)31-43-23-17-25-46(5,6)45-47(7,8)26-18-24-44-32-34(38)30-36(20-14-12-2)22-16-28-49(10,40)42-4/h33-34,37-40H,11-32H2,1-10H3. The highest BCUT2D eigenvalue weighted by molar-refractivity contribution is 6.84. The Morgan fingerprint density at radius 1 is 0.531 bits per heavy atom. The Labute approximate surface area is 305 Å². The van der Waals surface area contributed by atoms with E-state index in [9.17, 15) is 19.8 Å². The van der Waals surface area contributed by atoms with Crippen molar-refractivity contribution < 1.29 is 42.2 Å². The van der Waals surface area contributed by atoms with Crippen molar-refractivity contribution in [2.75, 3.05) is 79.9 Å². The zero-order chi connectivity index (χ0) is 37.4. The maximum absolute atomic E-state index is 10.6. The number of aliphatic hydroxyl groups is 2. The first-order valence-corrected chi connectivity index (χ1v) is 30.5. The van der Waals surface area contributed by atoms with E-state index in [2.05, 4.69) is 49.8 Å². The number of unbranched alkanes of at least 4 members (excludes halogenated alkanes) is 2. The van der Waals surface area contributed by atoms with Crippen LogP contribution in [-0.2, 0) is 22.4 Å². The Balaban J connectivity index is 4.36. The van der Waals surface area contributed by atoms with Gasteiger partial charge in [0.15, 0.2) is 16.6 Å². The van der Waals surface area contributed by atoms with E-state index < -0.39 is 46.0 Å². The normalized spacial score (nSPS) is 16.7. The lowest BCUT2D eigenvalue weighted by Crippen LogP contribution is -2.44. The Morgan fingerprint density at radius 3 is 1.20 bits per heavy atom. The van der Waals surface area contributed by atoms with Gasteiger partial charge in [0.25, 0.3) is 0 Å². The van der Waals surface area contributed by atoms with Gasteiger partial charge in [0.1, 0.15) is 0 Å². The summed E-state index contributed by atoms with van der Waals surface area (Å²) < 4.78 is 29.1. The van der Waals surface area contributed by atoms with E-state index in [1.807, 2.05) is 13.1 Å². The summed E-state index contributed by atoms with van der Waals surface area (Å²) in [6.45, 7) is 23.8. The Hall–Kier alpha value is 0.428. The second-order valence-corrected chi connectivity index (χ2v) is 30.9. The molecule has 4 N–H and O–H groups in total. The summed E-state index contributed by atoms with van der Waals surface area (Å²) in [6.07, 6.45) is 6.91. The summed E-state index contributed by atoms with van der Waals surface area (Å²) in [5, 5.41) is 21.3. The molecule has 0 heterocycles. The van der Waals surface area contributed by atoms with Crippen molar-refractivity contribution in [2.24, 2.45) is 0 Å². The van der Waals surface area contributed by atoms with Gasteiger partial charge in [0.05, 0.1) is 25.4 Å². The van der Waals surface area contributed by atoms with E-state index >= 15 is 0 Å². The number of aliphatic hydroxyl groups excluding tert-OH is 2. The van der Waals surface area contributed by atoms with E-state index in [0.29, 0.717) is 51.6 Å². The van der Waals surface area contributed by atoms with Crippen molar-refractivity contribution >= 4 is 33.8 Å². The number of hydrogen-bond acceptors (Lipinski definition) is 11. The van der Waals surface area contributed by atoms with Crippen LogP contribution in [0, 0.1) is 0 Å². The third kappa shape index (κ3) is 28.6. The summed E-state index contributed by atoms with van der Waals surface area (Å²) in [5.41, 5.74) is 0. The van der Waals surface area contributed by atoms with Crippen LogP contribution < -0.4 is 0 Å². The first kappa shape index (κ1) is 49.4. The second kappa shape index (κ2) is 27.1. The predicted octanol–water partition coefficient (Wildman–Crippen LogP) is 5.35. The smallest absolute Gasteiger partial charge is 0.332 e. The van der Waals surface area contributed by atoms with Crippen molar-refractivity contribution in [3.05, 3.63) is 0 Å². The van der Waals surface area contributed by atoms with Gasteiger partial charge in [-0.05, 0) is 128 Å². The molecule has 4 unspecified atom stereocenters. The minimum absolute atomic E-state index is 0.334. The predicted molar refractivity (Wildman–Crippen MR) is 212 cm³/mol. The molecule has 0 saturated heterocycles. The monoisotopic (exact) mass is 772 g/mol. The molecule has 0 aromatic carbocycles. The third-order valence-electron chi connectivity index (χ3n) is 9.01. The zero-order valence-corrected chi connectivity index (χ0v) is 37.4. The van der Waals surface area contributed by atoms with Gasteiger partial charge in [-0.1, -0.05) is 26.7 Å². The lowest BCUT2D eigenvalue weighted by molar-refractivity contribution is 0.0163. The first-order valence-electron chi connectivity index (χ1n) is 19.1. The first-order chi connectivity index (χ1) is 22.9. The summed E-state index contributed by atoms with van der Waals surface area (Å²) in [5.74, 6) is 0. The largest absolute Gasteiger partial charge is 0.455 e. The van der Waals surface area contributed by atoms with Gasteiger partial charge in [-0.15, -0.1) is 0 Å². The molecule has 0 saturated carbocycles. The van der Waals surface area contributed by atoms with Crippen molar-refractivity contribution in [2.45, 2.75) is 141 Å². The minimum atomic E-state index is -2.55. The number of rotatable bonds is 34. The molecule has 15 heteroatoms. The summed E-state index contributed by atoms with van der Waals surface area (Å²) in [6, 6.07) is 3.43. The van der Waals surface area contributed by atoms with Crippen molar-refractivity contribution in [1.82, 2.24) is 9.80 Å². The number of hydrogen-bond donors (Lipinski definition) is 4. The van der Waals surface area contributed by atoms with Crippen molar-refractivity contribution in [3.63, 3.8) is 0 Å². The van der Waals surface area contributed by atoms with E-state index in [1.165, 1.54) is 0 Å². The molecule has 0 aliphatic carbocycles. The highest BCUT2D eigenvalue weighted by Gasteiger charge is 2.32. The Bertz CT molecular complexity index is 739. The lowest BCUT2D eigenvalue weighted by atomic mass is 10.2. The summed E-state index contributed by atoms with van der Waals surface area (Å²) in [7, 11) is -5.64. The third-order valence-corrected chi connectivity index (χ3v) is 20.9. The SMILES string of the molecule is CCCCN(CCC[Si](C)(O)OC)CC(O)COCCC[Si](C)(C)O[Si](C)(C)CCCOCC(O)CN(CCCC)CCC[Si](C)(O)OC. The Morgan fingerprint density at radius 2 is 0.878 bits per heavy atom. The molecule has 0 rings (SSSR count). The van der Waals surface area contributed by atoms with E-state index in [0.717, 1.165) is 89.6 Å². The van der Waals surface area contributed by atoms with Crippen LogP contribution in [0.2, 0.25) is 63.5 Å². The summed E-state index contributed by atoms with van der Waals surface area (Å²) in [4.78, 5) is 25.0. The average molecular weight is 773 g/mol. The molecule has 49 heavy (non-hydrogen) atoms. The number of ether oxygens (including phenoxy) is 2. The van der Waals surface area contributed by atoms with Gasteiger partial charge < -0.3 is 52.0 Å². The van der Waals surface area contributed by atoms with Gasteiger partial charge in [-0.2, -0.15) is 0 Å². The van der Waals surface area contributed by atoms with Crippen LogP contribution >= 0.6 is 0 Å². The van der Waals surface area contributed by atoms with Crippen LogP contribution in [0.15, 0.2) is 0 Å². The van der Waals surface area contributed by atoms with Crippen LogP contribution in [-0.4, -0.2) is 155 Å². The fourth-order valence-corrected chi connectivity index (χ4v) is 16.8. The second-order valence-electron chi connectivity index (χ2n) is 15.6. The van der Waals surface area contributed by atoms with Crippen LogP contribution in [0.5, 0.6) is 0 Å². The van der Waals surface area contributed by atoms with E-state index in [4.69, 9.17) is 22.4 Å². The molecule has 4 atom stereocenters. The minimum Gasteiger partial charge on any atom is -0.455 e. The zero-order valence-electron chi connectivity index (χ0n) is 33.4. The Kier molecular flexibility index (Phi) is 27.3. The van der Waals surface area contributed by atoms with E-state index in [1.54, 1.807) is 14.2 Å². The quantitative estimate of drug-likeness (QED) is 0.0499. The molecule has 0 fully saturated rings. The maximum Gasteiger partial charge on any atom is 0.332 e. The van der Waals surface area contributed by atoms with Gasteiger partial charge in [-0.3, -0.25) is 0 Å².